The fraction of sp³-hybridized carbons (Fsp3) is 0.455. The van der Waals surface area contributed by atoms with Gasteiger partial charge < -0.3 is 14.5 Å². The fourth-order valence-electron chi connectivity index (χ4n) is 1.50. The Balaban J connectivity index is 2.29. The van der Waals surface area contributed by atoms with Gasteiger partial charge in [-0.25, -0.2) is 4.98 Å². The molecular formula is C11H15N3O2. The summed E-state index contributed by atoms with van der Waals surface area (Å²) in [7, 11) is 0. The number of pyridine rings is 1. The number of fused-ring (bicyclic) bond motifs is 1. The molecule has 16 heavy (non-hydrogen) atoms. The minimum Gasteiger partial charge on any atom is -0.346 e. The molecule has 0 radical (unpaired) electrons. The monoisotopic (exact) mass is 221 g/mol. The summed E-state index contributed by atoms with van der Waals surface area (Å²) in [6.07, 6.45) is 3.02. The first kappa shape index (κ1) is 11.0. The smallest absolute Gasteiger partial charge is 0.217 e. The molecule has 0 unspecified atom stereocenters. The summed E-state index contributed by atoms with van der Waals surface area (Å²) < 4.78 is 10.9. The Morgan fingerprint density at radius 3 is 2.69 bits per heavy atom. The van der Waals surface area contributed by atoms with E-state index in [1.165, 1.54) is 0 Å². The molecule has 0 saturated carbocycles. The second-order valence-corrected chi connectivity index (χ2v) is 3.26. The predicted octanol–water partition coefficient (Wildman–Crippen LogP) is 2.03. The van der Waals surface area contributed by atoms with Crippen molar-refractivity contribution in [3.63, 3.8) is 0 Å². The average Bonchev–Trinajstić information content (AvgIpc) is 2.72. The summed E-state index contributed by atoms with van der Waals surface area (Å²) in [5, 5.41) is 0. The lowest BCUT2D eigenvalue weighted by atomic mass is 10.4. The third-order valence-corrected chi connectivity index (χ3v) is 2.16. The molecule has 2 rings (SSSR count). The molecule has 2 aromatic heterocycles. The van der Waals surface area contributed by atoms with E-state index >= 15 is 0 Å². The highest BCUT2D eigenvalue weighted by Gasteiger charge is 2.15. The van der Waals surface area contributed by atoms with Crippen LogP contribution >= 0.6 is 0 Å². The number of ether oxygens (including phenoxy) is 2. The van der Waals surface area contributed by atoms with E-state index in [4.69, 9.17) is 9.47 Å². The van der Waals surface area contributed by atoms with Crippen LogP contribution in [-0.2, 0) is 9.47 Å². The maximum absolute atomic E-state index is 5.46. The Kier molecular flexibility index (Phi) is 3.48. The van der Waals surface area contributed by atoms with Crippen molar-refractivity contribution < 1.29 is 9.47 Å². The first-order chi connectivity index (χ1) is 7.85. The maximum atomic E-state index is 5.46. The number of nitrogens with one attached hydrogen (secondary N) is 1. The quantitative estimate of drug-likeness (QED) is 0.785. The predicted molar refractivity (Wildman–Crippen MR) is 59.9 cm³/mol. The molecule has 1 N–H and O–H groups in total. The van der Waals surface area contributed by atoms with Crippen molar-refractivity contribution in [3.05, 3.63) is 24.3 Å². The highest BCUT2D eigenvalue weighted by Crippen LogP contribution is 2.19. The molecule has 0 aliphatic rings. The lowest BCUT2D eigenvalue weighted by Gasteiger charge is -2.13. The van der Waals surface area contributed by atoms with Gasteiger partial charge in [0.15, 0.2) is 5.82 Å². The number of hydrogen-bond donors (Lipinski definition) is 1. The van der Waals surface area contributed by atoms with Crippen molar-refractivity contribution in [2.45, 2.75) is 20.1 Å². The number of aromatic amines is 1. The molecule has 2 aromatic rings. The summed E-state index contributed by atoms with van der Waals surface area (Å²) in [6, 6.07) is 1.85. The first-order valence-electron chi connectivity index (χ1n) is 5.38. The summed E-state index contributed by atoms with van der Waals surface area (Å²) in [6.45, 7) is 5.02. The zero-order valence-corrected chi connectivity index (χ0v) is 9.43. The van der Waals surface area contributed by atoms with Crippen molar-refractivity contribution in [2.75, 3.05) is 13.2 Å². The van der Waals surface area contributed by atoms with Gasteiger partial charge in [0.05, 0.1) is 17.2 Å². The van der Waals surface area contributed by atoms with Gasteiger partial charge in [0.2, 0.25) is 6.29 Å². The van der Waals surface area contributed by atoms with Crippen LogP contribution in [0.5, 0.6) is 0 Å². The number of rotatable bonds is 5. The Morgan fingerprint density at radius 1 is 1.31 bits per heavy atom. The second-order valence-electron chi connectivity index (χ2n) is 3.26. The molecule has 2 heterocycles. The van der Waals surface area contributed by atoms with Crippen molar-refractivity contribution in [1.29, 1.82) is 0 Å². The molecule has 0 aliphatic heterocycles. The number of hydrogen-bond acceptors (Lipinski definition) is 4. The molecule has 0 amide bonds. The molecule has 5 heteroatoms. The maximum Gasteiger partial charge on any atom is 0.217 e. The van der Waals surface area contributed by atoms with Crippen LogP contribution in [0.4, 0.5) is 0 Å². The second kappa shape index (κ2) is 5.05. The summed E-state index contributed by atoms with van der Waals surface area (Å²) in [5.74, 6) is 0.687. The third kappa shape index (κ3) is 2.20. The van der Waals surface area contributed by atoms with Crippen molar-refractivity contribution in [3.8, 4) is 0 Å². The molecule has 0 spiro atoms. The molecule has 5 nitrogen and oxygen atoms in total. The van der Waals surface area contributed by atoms with Crippen LogP contribution < -0.4 is 0 Å². The van der Waals surface area contributed by atoms with Gasteiger partial charge in [-0.15, -0.1) is 0 Å². The van der Waals surface area contributed by atoms with E-state index in [0.717, 1.165) is 11.0 Å². The highest BCUT2D eigenvalue weighted by atomic mass is 16.7. The Morgan fingerprint density at radius 2 is 2.06 bits per heavy atom. The van der Waals surface area contributed by atoms with E-state index in [9.17, 15) is 0 Å². The van der Waals surface area contributed by atoms with Crippen LogP contribution in [0.3, 0.4) is 0 Å². The Labute approximate surface area is 93.8 Å². The van der Waals surface area contributed by atoms with Gasteiger partial charge in [-0.3, -0.25) is 4.98 Å². The largest absolute Gasteiger partial charge is 0.346 e. The zero-order chi connectivity index (χ0) is 11.4. The highest BCUT2D eigenvalue weighted by molar-refractivity contribution is 5.73. The molecule has 0 aliphatic carbocycles. The number of aromatic nitrogens is 3. The third-order valence-electron chi connectivity index (χ3n) is 2.16. The molecule has 0 bridgehead atoms. The SMILES string of the molecule is CCOC(OCC)c1nc2ccncc2[nH]1. The fourth-order valence-corrected chi connectivity index (χ4v) is 1.50. The van der Waals surface area contributed by atoms with Gasteiger partial charge in [0.1, 0.15) is 0 Å². The molecule has 0 aromatic carbocycles. The zero-order valence-electron chi connectivity index (χ0n) is 9.43. The van der Waals surface area contributed by atoms with Crippen LogP contribution in [-0.4, -0.2) is 28.2 Å². The number of imidazole rings is 1. The van der Waals surface area contributed by atoms with Gasteiger partial charge in [-0.05, 0) is 19.9 Å². The van der Waals surface area contributed by atoms with Crippen LogP contribution in [0.25, 0.3) is 11.0 Å². The standard InChI is InChI=1S/C11H15N3O2/c1-3-15-11(16-4-2)10-13-8-5-6-12-7-9(8)14-10/h5-7,11H,3-4H2,1-2H3,(H,13,14). The van der Waals surface area contributed by atoms with Crippen molar-refractivity contribution in [1.82, 2.24) is 15.0 Å². The van der Waals surface area contributed by atoms with Crippen molar-refractivity contribution >= 4 is 11.0 Å². The molecule has 0 saturated heterocycles. The lowest BCUT2D eigenvalue weighted by molar-refractivity contribution is -0.144. The van der Waals surface area contributed by atoms with Crippen LogP contribution in [0.2, 0.25) is 0 Å². The Hall–Kier alpha value is -1.46. The summed E-state index contributed by atoms with van der Waals surface area (Å²) in [5.41, 5.74) is 1.76. The molecular weight excluding hydrogens is 206 g/mol. The van der Waals surface area contributed by atoms with Gasteiger partial charge in [0.25, 0.3) is 0 Å². The van der Waals surface area contributed by atoms with E-state index < -0.39 is 6.29 Å². The minimum atomic E-state index is -0.428. The molecule has 0 atom stereocenters. The van der Waals surface area contributed by atoms with Gasteiger partial charge >= 0.3 is 0 Å². The Bertz CT molecular complexity index is 416. The molecule has 86 valence electrons. The van der Waals surface area contributed by atoms with Crippen molar-refractivity contribution in [2.24, 2.45) is 0 Å². The topological polar surface area (TPSA) is 60.0 Å². The van der Waals surface area contributed by atoms with Gasteiger partial charge in [0, 0.05) is 19.4 Å². The number of H-pyrrole nitrogens is 1. The van der Waals surface area contributed by atoms with Crippen LogP contribution in [0.1, 0.15) is 26.0 Å². The molecule has 0 fully saturated rings. The summed E-state index contributed by atoms with van der Waals surface area (Å²) in [4.78, 5) is 11.6. The minimum absolute atomic E-state index is 0.428. The summed E-state index contributed by atoms with van der Waals surface area (Å²) >= 11 is 0. The van der Waals surface area contributed by atoms with E-state index in [-0.39, 0.29) is 0 Å². The van der Waals surface area contributed by atoms with Crippen LogP contribution in [0, 0.1) is 0 Å². The van der Waals surface area contributed by atoms with Crippen LogP contribution in [0.15, 0.2) is 18.5 Å². The van der Waals surface area contributed by atoms with E-state index in [2.05, 4.69) is 15.0 Å². The van der Waals surface area contributed by atoms with E-state index in [1.807, 2.05) is 19.9 Å². The van der Waals surface area contributed by atoms with Gasteiger partial charge in [-0.1, -0.05) is 0 Å². The first-order valence-corrected chi connectivity index (χ1v) is 5.38. The normalized spacial score (nSPS) is 11.4. The number of nitrogens with zero attached hydrogens (tertiary/aromatic N) is 2. The lowest BCUT2D eigenvalue weighted by Crippen LogP contribution is -2.10. The van der Waals surface area contributed by atoms with E-state index in [1.54, 1.807) is 12.4 Å². The average molecular weight is 221 g/mol. The van der Waals surface area contributed by atoms with E-state index in [0.29, 0.717) is 19.0 Å². The van der Waals surface area contributed by atoms with Gasteiger partial charge in [-0.2, -0.15) is 0 Å².